The zero-order valence-corrected chi connectivity index (χ0v) is 47.7. The molecule has 0 saturated carbocycles. The van der Waals surface area contributed by atoms with E-state index >= 15 is 0 Å². The van der Waals surface area contributed by atoms with Crippen LogP contribution < -0.4 is 5.32 Å². The first-order valence-corrected chi connectivity index (χ1v) is 31.0. The molecule has 0 aliphatic heterocycles. The summed E-state index contributed by atoms with van der Waals surface area (Å²) in [5, 5.41) is 3.05. The summed E-state index contributed by atoms with van der Waals surface area (Å²) < 4.78 is 30.6. The molecule has 0 rings (SSSR count). The van der Waals surface area contributed by atoms with Crippen molar-refractivity contribution in [1.82, 2.24) is 5.32 Å². The van der Waals surface area contributed by atoms with Crippen LogP contribution in [0.3, 0.4) is 0 Å². The number of esters is 1. The fraction of sp³-hybridized carbons (Fsp3) is 0.833. The second kappa shape index (κ2) is 50.5. The number of hydrogen-bond donors (Lipinski definition) is 2. The van der Waals surface area contributed by atoms with Gasteiger partial charge in [0.2, 0.25) is 5.91 Å². The van der Waals surface area contributed by atoms with Gasteiger partial charge in [0.25, 0.3) is 0 Å². The molecule has 10 heteroatoms. The third-order valence-corrected chi connectivity index (χ3v) is 14.0. The summed E-state index contributed by atoms with van der Waals surface area (Å²) in [6.07, 6.45) is 61.0. The van der Waals surface area contributed by atoms with Crippen molar-refractivity contribution in [3.05, 3.63) is 48.6 Å². The maximum Gasteiger partial charge on any atom is 0.472 e. The fourth-order valence-corrected chi connectivity index (χ4v) is 9.22. The maximum absolute atomic E-state index is 13.5. The number of phosphoric ester groups is 1. The van der Waals surface area contributed by atoms with Gasteiger partial charge < -0.3 is 19.4 Å². The molecule has 0 aliphatic carbocycles. The lowest BCUT2D eigenvalue weighted by atomic mass is 10.0. The van der Waals surface area contributed by atoms with Crippen molar-refractivity contribution in [2.75, 3.05) is 40.9 Å². The number of nitrogens with zero attached hydrogens (tertiary/aromatic N) is 1. The minimum Gasteiger partial charge on any atom is -0.456 e. The SMILES string of the molecule is CC/C=C/C/C=C/C/C=C/CCCCCCCCC(=O)NC(COP(=O)(O)OCC[N+](C)(C)C)C(/C=C/CCCCCCCCCCCCC)OC(=O)CCCCCCCCCCCCCCCCC. The van der Waals surface area contributed by atoms with E-state index in [2.05, 4.69) is 62.5 Å². The number of quaternary nitrogens is 1. The Bertz CT molecular complexity index is 1340. The lowest BCUT2D eigenvalue weighted by Crippen LogP contribution is -2.47. The molecule has 0 spiro atoms. The zero-order valence-electron chi connectivity index (χ0n) is 46.8. The highest BCUT2D eigenvalue weighted by molar-refractivity contribution is 7.47. The number of carbonyl (C=O) groups is 2. The number of hydrogen-bond acceptors (Lipinski definition) is 6. The first-order chi connectivity index (χ1) is 33.9. The molecule has 70 heavy (non-hydrogen) atoms. The first kappa shape index (κ1) is 68.0. The van der Waals surface area contributed by atoms with E-state index in [9.17, 15) is 19.0 Å². The third kappa shape index (κ3) is 50.9. The minimum atomic E-state index is -4.45. The molecule has 0 heterocycles. The molecule has 410 valence electrons. The normalized spacial score (nSPS) is 14.1. The molecule has 9 nitrogen and oxygen atoms in total. The van der Waals surface area contributed by atoms with Crippen molar-refractivity contribution >= 4 is 19.7 Å². The Morgan fingerprint density at radius 2 is 0.914 bits per heavy atom. The average Bonchev–Trinajstić information content (AvgIpc) is 3.32. The van der Waals surface area contributed by atoms with Crippen LogP contribution >= 0.6 is 7.82 Å². The van der Waals surface area contributed by atoms with E-state index in [1.165, 1.54) is 148 Å². The number of rotatable bonds is 53. The summed E-state index contributed by atoms with van der Waals surface area (Å²) in [5.41, 5.74) is 0. The second-order valence-electron chi connectivity index (χ2n) is 21.1. The predicted molar refractivity (Wildman–Crippen MR) is 300 cm³/mol. The van der Waals surface area contributed by atoms with Crippen molar-refractivity contribution in [2.24, 2.45) is 0 Å². The average molecular weight is 1010 g/mol. The van der Waals surface area contributed by atoms with Gasteiger partial charge in [-0.05, 0) is 63.9 Å². The van der Waals surface area contributed by atoms with Gasteiger partial charge in [-0.2, -0.15) is 0 Å². The quantitative estimate of drug-likeness (QED) is 0.0205. The first-order valence-electron chi connectivity index (χ1n) is 29.5. The van der Waals surface area contributed by atoms with Crippen molar-refractivity contribution in [2.45, 2.75) is 283 Å². The summed E-state index contributed by atoms with van der Waals surface area (Å²) >= 11 is 0. The molecule has 1 amide bonds. The van der Waals surface area contributed by atoms with Crippen molar-refractivity contribution < 1.29 is 37.3 Å². The van der Waals surface area contributed by atoms with Crippen LogP contribution in [0.5, 0.6) is 0 Å². The van der Waals surface area contributed by atoms with E-state index in [1.807, 2.05) is 33.3 Å². The van der Waals surface area contributed by atoms with Gasteiger partial charge in [0, 0.05) is 12.8 Å². The number of nitrogens with one attached hydrogen (secondary N) is 1. The zero-order chi connectivity index (χ0) is 51.5. The van der Waals surface area contributed by atoms with Gasteiger partial charge in [-0.3, -0.25) is 18.6 Å². The number of amides is 1. The lowest BCUT2D eigenvalue weighted by molar-refractivity contribution is -0.870. The van der Waals surface area contributed by atoms with Crippen LogP contribution in [0.25, 0.3) is 0 Å². The van der Waals surface area contributed by atoms with Gasteiger partial charge in [-0.15, -0.1) is 0 Å². The van der Waals surface area contributed by atoms with Gasteiger partial charge in [-0.1, -0.05) is 243 Å². The van der Waals surface area contributed by atoms with Crippen LogP contribution in [-0.2, 0) is 27.9 Å². The van der Waals surface area contributed by atoms with Crippen LogP contribution in [-0.4, -0.2) is 74.3 Å². The Balaban J connectivity index is 5.35. The summed E-state index contributed by atoms with van der Waals surface area (Å²) in [6, 6.07) is -0.852. The summed E-state index contributed by atoms with van der Waals surface area (Å²) in [4.78, 5) is 37.6. The predicted octanol–water partition coefficient (Wildman–Crippen LogP) is 17.7. The van der Waals surface area contributed by atoms with Gasteiger partial charge >= 0.3 is 13.8 Å². The Morgan fingerprint density at radius 1 is 0.514 bits per heavy atom. The van der Waals surface area contributed by atoms with E-state index in [0.717, 1.165) is 89.9 Å². The minimum absolute atomic E-state index is 0.0383. The largest absolute Gasteiger partial charge is 0.472 e. The summed E-state index contributed by atoms with van der Waals surface area (Å²) in [6.45, 7) is 6.91. The highest BCUT2D eigenvalue weighted by Crippen LogP contribution is 2.43. The third-order valence-electron chi connectivity index (χ3n) is 13.0. The Morgan fingerprint density at radius 3 is 1.37 bits per heavy atom. The highest BCUT2D eigenvalue weighted by Gasteiger charge is 2.30. The van der Waals surface area contributed by atoms with Crippen LogP contribution in [0.4, 0.5) is 0 Å². The Hall–Kier alpha value is -2.03. The number of unbranched alkanes of at least 4 members (excludes halogenated alkanes) is 31. The van der Waals surface area contributed by atoms with Gasteiger partial charge in [-0.25, -0.2) is 4.57 Å². The molecule has 0 aliphatic rings. The van der Waals surface area contributed by atoms with E-state index < -0.39 is 20.0 Å². The van der Waals surface area contributed by atoms with Crippen molar-refractivity contribution in [3.8, 4) is 0 Å². The van der Waals surface area contributed by atoms with Crippen molar-refractivity contribution in [3.63, 3.8) is 0 Å². The number of ether oxygens (including phenoxy) is 1. The molecule has 0 radical (unpaired) electrons. The molecule has 0 aromatic heterocycles. The molecule has 0 fully saturated rings. The van der Waals surface area contributed by atoms with Gasteiger partial charge in [0.1, 0.15) is 19.3 Å². The number of carbonyl (C=O) groups excluding carboxylic acids is 2. The number of allylic oxidation sites excluding steroid dienone is 7. The van der Waals surface area contributed by atoms with Crippen LogP contribution in [0, 0.1) is 0 Å². The molecule has 0 saturated heterocycles. The maximum atomic E-state index is 13.5. The van der Waals surface area contributed by atoms with E-state index in [-0.39, 0.29) is 25.1 Å². The smallest absolute Gasteiger partial charge is 0.456 e. The molecule has 3 unspecified atom stereocenters. The van der Waals surface area contributed by atoms with Gasteiger partial charge in [0.05, 0.1) is 33.8 Å². The molecule has 2 N–H and O–H groups in total. The topological polar surface area (TPSA) is 111 Å². The van der Waals surface area contributed by atoms with E-state index in [0.29, 0.717) is 23.9 Å². The molecule has 3 atom stereocenters. The lowest BCUT2D eigenvalue weighted by Gasteiger charge is -2.27. The van der Waals surface area contributed by atoms with Crippen LogP contribution in [0.1, 0.15) is 271 Å². The van der Waals surface area contributed by atoms with E-state index in [1.54, 1.807) is 0 Å². The Kier molecular flexibility index (Phi) is 49.0. The van der Waals surface area contributed by atoms with Crippen LogP contribution in [0.15, 0.2) is 48.6 Å². The second-order valence-corrected chi connectivity index (χ2v) is 22.6. The monoisotopic (exact) mass is 1010 g/mol. The molecule has 0 bridgehead atoms. The summed E-state index contributed by atoms with van der Waals surface area (Å²) in [5.74, 6) is -0.512. The van der Waals surface area contributed by atoms with Crippen LogP contribution in [0.2, 0.25) is 0 Å². The van der Waals surface area contributed by atoms with Crippen molar-refractivity contribution in [1.29, 1.82) is 0 Å². The molecule has 0 aromatic carbocycles. The fourth-order valence-electron chi connectivity index (χ4n) is 8.48. The number of likely N-dealkylation sites (N-methyl/N-ethyl adjacent to an activating group) is 1. The van der Waals surface area contributed by atoms with Gasteiger partial charge in [0.15, 0.2) is 0 Å². The standard InChI is InChI=1S/C60H113N2O7P/c1-7-10-13-16-19-22-25-28-30-32-34-37-40-43-46-49-52-59(63)61-57(56-68-70(65,66)67-55-54-62(4,5)6)58(51-48-45-42-39-36-33-27-24-21-18-15-12-9-3)69-60(64)53-50-47-44-41-38-35-31-29-26-23-20-17-14-11-8-2/h10,13,19,22,28,30,48,51,57-58H,7-9,11-12,14-18,20-21,23-27,29,31-47,49-50,52-56H2,1-6H3,(H-,61,63,65,66)/p+1/b13-10+,22-19+,30-28+,51-48+. The number of phosphoric acid groups is 1. The highest BCUT2D eigenvalue weighted by atomic mass is 31.2. The summed E-state index contributed by atoms with van der Waals surface area (Å²) in [7, 11) is 1.49. The molecule has 0 aromatic rings. The Labute approximate surface area is 433 Å². The molecular weight excluding hydrogens is 892 g/mol. The molecular formula is C60H114N2O7P+. The van der Waals surface area contributed by atoms with E-state index in [4.69, 9.17) is 13.8 Å².